The number of hydrogen-bond donors (Lipinski definition) is 0. The zero-order valence-corrected chi connectivity index (χ0v) is 9.90. The molecule has 1 aliphatic carbocycles. The molecule has 0 N–H and O–H groups in total. The van der Waals surface area contributed by atoms with E-state index >= 15 is 0 Å². The molecule has 0 spiro atoms. The molecule has 0 aromatic rings. The first-order valence-electron chi connectivity index (χ1n) is 3.92. The highest BCUT2D eigenvalue weighted by Crippen LogP contribution is 2.25. The van der Waals surface area contributed by atoms with Crippen LogP contribution in [0.5, 0.6) is 0 Å². The van der Waals surface area contributed by atoms with Crippen LogP contribution in [-0.2, 0) is 0 Å². The van der Waals surface area contributed by atoms with Crippen molar-refractivity contribution in [3.8, 4) is 0 Å². The molecule has 0 aliphatic heterocycles. The minimum Gasteiger partial charge on any atom is -0.168 e. The molecule has 1 aliphatic rings. The maximum atomic E-state index is 2.29. The predicted octanol–water partition coefficient (Wildman–Crippen LogP) is 2.04. The second-order valence-corrected chi connectivity index (χ2v) is 4.83. The summed E-state index contributed by atoms with van der Waals surface area (Å²) >= 11 is 1.99. The summed E-state index contributed by atoms with van der Waals surface area (Å²) < 4.78 is 0. The van der Waals surface area contributed by atoms with Crippen LogP contribution in [0, 0.1) is 5.92 Å². The molecule has 0 aromatic heterocycles. The fraction of sp³-hybridized carbons (Fsp3) is 0.333. The van der Waals surface area contributed by atoms with E-state index in [0.29, 0.717) is 0 Å². The summed E-state index contributed by atoms with van der Waals surface area (Å²) in [4.78, 5) is 1.54. The van der Waals surface area contributed by atoms with E-state index in [1.807, 2.05) is 11.2 Å². The Morgan fingerprint density at radius 2 is 2.27 bits per heavy atom. The minimum absolute atomic E-state index is 0.721. The van der Waals surface area contributed by atoms with Crippen LogP contribution in [0.15, 0.2) is 35.3 Å². The summed E-state index contributed by atoms with van der Waals surface area (Å²) in [5.74, 6) is 0.721. The lowest BCUT2D eigenvalue weighted by Gasteiger charge is -2.11. The number of allylic oxidation sites excluding steroid dienone is 6. The number of rotatable bonds is 1. The summed E-state index contributed by atoms with van der Waals surface area (Å²) in [5.41, 5.74) is 0. The third-order valence-corrected chi connectivity index (χ3v) is 4.25. The Morgan fingerprint density at radius 3 is 3.00 bits per heavy atom. The molecule has 2 heteroatoms. The van der Waals surface area contributed by atoms with E-state index in [4.69, 9.17) is 0 Å². The van der Waals surface area contributed by atoms with Gasteiger partial charge in [-0.05, 0) is 17.2 Å². The highest BCUT2D eigenvalue weighted by Gasteiger charge is 2.04. The molecule has 0 saturated carbocycles. The normalized spacial score (nSPS) is 24.5. The molecule has 0 fully saturated rings. The van der Waals surface area contributed by atoms with E-state index in [0.717, 1.165) is 5.92 Å². The minimum atomic E-state index is 0.721. The molecule has 60 valence electrons. The molecule has 0 bridgehead atoms. The van der Waals surface area contributed by atoms with E-state index < -0.39 is 0 Å². The molecular weight excluding hydrogens is 168 g/mol. The van der Waals surface area contributed by atoms with E-state index in [-0.39, 0.29) is 0 Å². The highest BCUT2D eigenvalue weighted by molar-refractivity contribution is 8.22. The Bertz CT molecular complexity index is 204. The van der Waals surface area contributed by atoms with Gasteiger partial charge in [0.1, 0.15) is 0 Å². The van der Waals surface area contributed by atoms with Gasteiger partial charge < -0.3 is 0 Å². The second-order valence-electron chi connectivity index (χ2n) is 2.72. The Kier molecular flexibility index (Phi) is 3.73. The smallest absolute Gasteiger partial charge is 0.0754 e. The predicted molar refractivity (Wildman–Crippen MR) is 57.7 cm³/mol. The van der Waals surface area contributed by atoms with Crippen molar-refractivity contribution < 1.29 is 0 Å². The van der Waals surface area contributed by atoms with Gasteiger partial charge in [-0.3, -0.25) is 0 Å². The first-order valence-corrected chi connectivity index (χ1v) is 7.59. The van der Waals surface area contributed by atoms with Crippen molar-refractivity contribution in [1.29, 1.82) is 0 Å². The molecule has 0 saturated heterocycles. The molecule has 0 aromatic carbocycles. The number of hydrogen-bond acceptors (Lipinski definition) is 1. The van der Waals surface area contributed by atoms with Gasteiger partial charge in [-0.1, -0.05) is 37.3 Å². The van der Waals surface area contributed by atoms with E-state index in [2.05, 4.69) is 37.3 Å². The largest absolute Gasteiger partial charge is 0.168 e. The molecule has 0 radical (unpaired) electrons. The van der Waals surface area contributed by atoms with Gasteiger partial charge in [0.25, 0.3) is 0 Å². The van der Waals surface area contributed by atoms with Crippen molar-refractivity contribution >= 4 is 20.6 Å². The van der Waals surface area contributed by atoms with Crippen molar-refractivity contribution in [2.45, 2.75) is 13.3 Å². The first-order chi connectivity index (χ1) is 5.34. The summed E-state index contributed by atoms with van der Waals surface area (Å²) in [6, 6.07) is 0. The quantitative estimate of drug-likeness (QED) is 0.559. The van der Waals surface area contributed by atoms with Crippen LogP contribution >= 0.6 is 11.2 Å². The molecule has 0 amide bonds. The van der Waals surface area contributed by atoms with Crippen LogP contribution < -0.4 is 0 Å². The third kappa shape index (κ3) is 2.71. The van der Waals surface area contributed by atoms with Crippen molar-refractivity contribution in [2.24, 2.45) is 5.92 Å². The van der Waals surface area contributed by atoms with Crippen molar-refractivity contribution in [3.63, 3.8) is 0 Å². The van der Waals surface area contributed by atoms with E-state index in [1.54, 1.807) is 0 Å². The Labute approximate surface area is 75.5 Å². The van der Waals surface area contributed by atoms with Crippen LogP contribution in [0.25, 0.3) is 0 Å². The van der Waals surface area contributed by atoms with Crippen LogP contribution in [0.4, 0.5) is 0 Å². The lowest BCUT2D eigenvalue weighted by Crippen LogP contribution is -1.94. The summed E-state index contributed by atoms with van der Waals surface area (Å²) in [6.07, 6.45) is 12.0. The lowest BCUT2D eigenvalue weighted by molar-refractivity contribution is 0.732. The van der Waals surface area contributed by atoms with Gasteiger partial charge in [0.05, 0.1) is 9.39 Å². The van der Waals surface area contributed by atoms with Gasteiger partial charge in [0, 0.05) is 0 Å². The molecule has 0 nitrogen and oxygen atoms in total. The molecule has 0 heterocycles. The summed E-state index contributed by atoms with van der Waals surface area (Å²) in [5, 5.41) is 0. The maximum Gasteiger partial charge on any atom is 0.0754 e. The Hall–Kier alpha value is -0.213. The van der Waals surface area contributed by atoms with Gasteiger partial charge in [-0.15, -0.1) is 0 Å². The van der Waals surface area contributed by atoms with Gasteiger partial charge >= 0.3 is 0 Å². The summed E-state index contributed by atoms with van der Waals surface area (Å²) in [6.45, 7) is 2.29. The van der Waals surface area contributed by atoms with Gasteiger partial charge in [0.2, 0.25) is 0 Å². The molecule has 11 heavy (non-hydrogen) atoms. The SMILES string of the molecule is CC1CC=CC=CC=C1S[SiH3]. The zero-order valence-electron chi connectivity index (χ0n) is 7.08. The third-order valence-electron chi connectivity index (χ3n) is 1.83. The van der Waals surface area contributed by atoms with E-state index in [1.165, 1.54) is 20.7 Å². The molecular formula is C9H14SSi. The Balaban J connectivity index is 2.74. The standard InChI is InChI=1S/C9H14SSi/c1-8-6-4-2-3-5-7-9(8)10-11/h2-5,7-8H,6H2,1,11H3. The van der Waals surface area contributed by atoms with Crippen LogP contribution in [0.3, 0.4) is 0 Å². The van der Waals surface area contributed by atoms with Crippen LogP contribution in [-0.4, -0.2) is 9.39 Å². The topological polar surface area (TPSA) is 0 Å². The fourth-order valence-corrected chi connectivity index (χ4v) is 3.45. The molecule has 1 atom stereocenters. The Morgan fingerprint density at radius 1 is 1.45 bits per heavy atom. The summed E-state index contributed by atoms with van der Waals surface area (Å²) in [7, 11) is 1.21. The zero-order chi connectivity index (χ0) is 8.10. The van der Waals surface area contributed by atoms with Gasteiger partial charge in [-0.2, -0.15) is 11.2 Å². The average molecular weight is 182 g/mol. The van der Waals surface area contributed by atoms with Crippen LogP contribution in [0.2, 0.25) is 0 Å². The molecule has 1 unspecified atom stereocenters. The molecule has 1 rings (SSSR count). The van der Waals surface area contributed by atoms with E-state index in [9.17, 15) is 0 Å². The second kappa shape index (κ2) is 4.62. The highest BCUT2D eigenvalue weighted by atomic mass is 32.4. The van der Waals surface area contributed by atoms with Crippen LogP contribution in [0.1, 0.15) is 13.3 Å². The monoisotopic (exact) mass is 182 g/mol. The van der Waals surface area contributed by atoms with Gasteiger partial charge in [0.15, 0.2) is 0 Å². The van der Waals surface area contributed by atoms with Crippen molar-refractivity contribution in [3.05, 3.63) is 35.3 Å². The fourth-order valence-electron chi connectivity index (χ4n) is 1.13. The van der Waals surface area contributed by atoms with Crippen molar-refractivity contribution in [1.82, 2.24) is 0 Å². The lowest BCUT2D eigenvalue weighted by atomic mass is 10.1. The first kappa shape index (κ1) is 8.88. The van der Waals surface area contributed by atoms with Crippen molar-refractivity contribution in [2.75, 3.05) is 0 Å². The average Bonchev–Trinajstić information content (AvgIpc) is 1.98. The van der Waals surface area contributed by atoms with Gasteiger partial charge in [-0.25, -0.2) is 0 Å². The maximum absolute atomic E-state index is 2.29.